The zero-order valence-electron chi connectivity index (χ0n) is 17.0. The highest BCUT2D eigenvalue weighted by Gasteiger charge is 2.50. The van der Waals surface area contributed by atoms with Gasteiger partial charge in [-0.3, -0.25) is 4.79 Å². The summed E-state index contributed by atoms with van der Waals surface area (Å²) in [6, 6.07) is 6.50. The van der Waals surface area contributed by atoms with Gasteiger partial charge in [0, 0.05) is 18.2 Å². The first kappa shape index (κ1) is 19.6. The molecule has 0 aliphatic heterocycles. The molecule has 0 heterocycles. The Morgan fingerprint density at radius 1 is 1.00 bits per heavy atom. The standard InChI is InChI=1S/C23H32N2O3S/c26-22(24-15-23-12-16-8-17(13-23)10-18(9-16)14-23)19-4-3-7-21(11-19)29(27,28)25-20-5-1-2-6-20/h3-4,7,11,16-18,20,25H,1-2,5-6,8-10,12-15H2,(H,24,26). The van der Waals surface area contributed by atoms with Crippen molar-refractivity contribution in [1.29, 1.82) is 0 Å². The van der Waals surface area contributed by atoms with Crippen molar-refractivity contribution in [3.05, 3.63) is 29.8 Å². The molecule has 5 fully saturated rings. The number of rotatable bonds is 6. The van der Waals surface area contributed by atoms with Gasteiger partial charge in [-0.1, -0.05) is 18.9 Å². The summed E-state index contributed by atoms with van der Waals surface area (Å²) in [5.74, 6) is 2.41. The zero-order valence-corrected chi connectivity index (χ0v) is 17.8. The van der Waals surface area contributed by atoms with E-state index < -0.39 is 10.0 Å². The van der Waals surface area contributed by atoms with Crippen LogP contribution in [0.4, 0.5) is 0 Å². The number of nitrogens with one attached hydrogen (secondary N) is 2. The molecule has 5 aliphatic carbocycles. The first-order valence-corrected chi connectivity index (χ1v) is 12.8. The maximum Gasteiger partial charge on any atom is 0.251 e. The summed E-state index contributed by atoms with van der Waals surface area (Å²) < 4.78 is 28.2. The van der Waals surface area contributed by atoms with E-state index in [1.165, 1.54) is 44.6 Å². The lowest BCUT2D eigenvalue weighted by molar-refractivity contribution is -0.0503. The molecule has 0 aromatic heterocycles. The highest BCUT2D eigenvalue weighted by molar-refractivity contribution is 7.89. The van der Waals surface area contributed by atoms with Gasteiger partial charge in [-0.2, -0.15) is 0 Å². The van der Waals surface area contributed by atoms with Gasteiger partial charge in [-0.25, -0.2) is 13.1 Å². The SMILES string of the molecule is O=C(NCC12CC3CC(CC(C3)C1)C2)c1cccc(S(=O)(=O)NC2CCCC2)c1. The molecule has 2 N–H and O–H groups in total. The van der Waals surface area contributed by atoms with E-state index in [-0.39, 0.29) is 22.3 Å². The van der Waals surface area contributed by atoms with Crippen molar-refractivity contribution >= 4 is 15.9 Å². The number of hydrogen-bond acceptors (Lipinski definition) is 3. The fourth-order valence-corrected chi connectivity index (χ4v) is 8.36. The number of carbonyl (C=O) groups is 1. The number of benzene rings is 1. The molecule has 6 heteroatoms. The highest BCUT2D eigenvalue weighted by Crippen LogP contribution is 2.59. The van der Waals surface area contributed by atoms with Crippen LogP contribution in [-0.4, -0.2) is 26.9 Å². The Labute approximate surface area is 174 Å². The van der Waals surface area contributed by atoms with Gasteiger partial charge < -0.3 is 5.32 Å². The van der Waals surface area contributed by atoms with Crippen molar-refractivity contribution in [2.75, 3.05) is 6.54 Å². The summed E-state index contributed by atoms with van der Waals surface area (Å²) in [6.45, 7) is 0.729. The van der Waals surface area contributed by atoms with Crippen LogP contribution >= 0.6 is 0 Å². The van der Waals surface area contributed by atoms with E-state index in [1.807, 2.05) is 0 Å². The molecule has 0 atom stereocenters. The normalized spacial score (nSPS) is 33.9. The van der Waals surface area contributed by atoms with Crippen molar-refractivity contribution in [3.8, 4) is 0 Å². The maximum absolute atomic E-state index is 12.8. The molecule has 5 aliphatic rings. The number of sulfonamides is 1. The second kappa shape index (κ2) is 7.38. The van der Waals surface area contributed by atoms with Gasteiger partial charge in [0.25, 0.3) is 5.91 Å². The third kappa shape index (κ3) is 3.98. The van der Waals surface area contributed by atoms with E-state index in [4.69, 9.17) is 0 Å². The zero-order chi connectivity index (χ0) is 20.1. The van der Waals surface area contributed by atoms with Gasteiger partial charge in [-0.15, -0.1) is 0 Å². The first-order valence-electron chi connectivity index (χ1n) is 11.3. The van der Waals surface area contributed by atoms with E-state index in [9.17, 15) is 13.2 Å². The van der Waals surface area contributed by atoms with Crippen molar-refractivity contribution < 1.29 is 13.2 Å². The van der Waals surface area contributed by atoms with Crippen molar-refractivity contribution in [2.45, 2.75) is 75.1 Å². The Morgan fingerprint density at radius 3 is 2.24 bits per heavy atom. The Bertz CT molecular complexity index is 854. The summed E-state index contributed by atoms with van der Waals surface area (Å²) in [5, 5.41) is 3.15. The molecule has 1 amide bonds. The van der Waals surface area contributed by atoms with E-state index in [0.29, 0.717) is 5.56 Å². The first-order chi connectivity index (χ1) is 13.9. The van der Waals surface area contributed by atoms with Crippen LogP contribution in [0.3, 0.4) is 0 Å². The van der Waals surface area contributed by atoms with Gasteiger partial charge in [0.15, 0.2) is 0 Å². The quantitative estimate of drug-likeness (QED) is 0.739. The monoisotopic (exact) mass is 416 g/mol. The van der Waals surface area contributed by atoms with Gasteiger partial charge >= 0.3 is 0 Å². The maximum atomic E-state index is 12.8. The molecule has 0 saturated heterocycles. The molecule has 0 unspecified atom stereocenters. The fourth-order valence-electron chi connectivity index (χ4n) is 7.01. The van der Waals surface area contributed by atoms with E-state index >= 15 is 0 Å². The van der Waals surface area contributed by atoms with Crippen LogP contribution in [0.25, 0.3) is 0 Å². The van der Waals surface area contributed by atoms with Crippen molar-refractivity contribution in [2.24, 2.45) is 23.2 Å². The Kier molecular flexibility index (Phi) is 4.98. The van der Waals surface area contributed by atoms with Gasteiger partial charge in [-0.05, 0) is 92.7 Å². The second-order valence-corrected chi connectivity index (χ2v) is 11.9. The Morgan fingerprint density at radius 2 is 1.62 bits per heavy atom. The summed E-state index contributed by atoms with van der Waals surface area (Å²) in [5.41, 5.74) is 0.710. The molecule has 5 saturated carbocycles. The number of amides is 1. The molecular formula is C23H32N2O3S. The fraction of sp³-hybridized carbons (Fsp3) is 0.696. The molecule has 1 aromatic carbocycles. The summed E-state index contributed by atoms with van der Waals surface area (Å²) in [7, 11) is -3.58. The molecular weight excluding hydrogens is 384 g/mol. The van der Waals surface area contributed by atoms with Crippen LogP contribution in [0.2, 0.25) is 0 Å². The van der Waals surface area contributed by atoms with Crippen LogP contribution in [0.1, 0.15) is 74.6 Å². The smallest absolute Gasteiger partial charge is 0.251 e. The van der Waals surface area contributed by atoms with Gasteiger partial charge in [0.05, 0.1) is 4.90 Å². The number of carbonyl (C=O) groups excluding carboxylic acids is 1. The average molecular weight is 417 g/mol. The summed E-state index contributed by atoms with van der Waals surface area (Å²) in [4.78, 5) is 13.0. The van der Waals surface area contributed by atoms with Gasteiger partial charge in [0.2, 0.25) is 10.0 Å². The molecule has 6 rings (SSSR count). The molecule has 4 bridgehead atoms. The van der Waals surface area contributed by atoms with Gasteiger partial charge in [0.1, 0.15) is 0 Å². The second-order valence-electron chi connectivity index (χ2n) is 10.2. The molecule has 5 nitrogen and oxygen atoms in total. The minimum atomic E-state index is -3.58. The number of hydrogen-bond donors (Lipinski definition) is 2. The third-order valence-electron chi connectivity index (χ3n) is 7.87. The minimum Gasteiger partial charge on any atom is -0.351 e. The lowest BCUT2D eigenvalue weighted by atomic mass is 9.49. The topological polar surface area (TPSA) is 75.3 Å². The average Bonchev–Trinajstić information content (AvgIpc) is 3.17. The van der Waals surface area contributed by atoms with E-state index in [0.717, 1.165) is 50.0 Å². The third-order valence-corrected chi connectivity index (χ3v) is 9.39. The van der Waals surface area contributed by atoms with Crippen molar-refractivity contribution in [1.82, 2.24) is 10.0 Å². The van der Waals surface area contributed by atoms with Crippen LogP contribution in [0, 0.1) is 23.2 Å². The lowest BCUT2D eigenvalue weighted by Crippen LogP contribution is -2.51. The van der Waals surface area contributed by atoms with Crippen LogP contribution in [0.5, 0.6) is 0 Å². The molecule has 0 radical (unpaired) electrons. The lowest BCUT2D eigenvalue weighted by Gasteiger charge is -2.56. The Balaban J connectivity index is 1.25. The Hall–Kier alpha value is -1.40. The summed E-state index contributed by atoms with van der Waals surface area (Å²) in [6.07, 6.45) is 11.8. The van der Waals surface area contributed by atoms with Crippen LogP contribution < -0.4 is 10.0 Å². The molecule has 0 spiro atoms. The highest BCUT2D eigenvalue weighted by atomic mass is 32.2. The largest absolute Gasteiger partial charge is 0.351 e. The van der Waals surface area contributed by atoms with Crippen LogP contribution in [0.15, 0.2) is 29.2 Å². The molecule has 1 aromatic rings. The van der Waals surface area contributed by atoms with Crippen LogP contribution in [-0.2, 0) is 10.0 Å². The minimum absolute atomic E-state index is 0.0218. The van der Waals surface area contributed by atoms with Crippen molar-refractivity contribution in [3.63, 3.8) is 0 Å². The van der Waals surface area contributed by atoms with E-state index in [1.54, 1.807) is 18.2 Å². The molecule has 158 valence electrons. The van der Waals surface area contributed by atoms with E-state index in [2.05, 4.69) is 10.0 Å². The summed E-state index contributed by atoms with van der Waals surface area (Å²) >= 11 is 0. The predicted molar refractivity (Wildman–Crippen MR) is 112 cm³/mol. The predicted octanol–water partition coefficient (Wildman–Crippen LogP) is 3.85. The molecule has 29 heavy (non-hydrogen) atoms.